The van der Waals surface area contributed by atoms with E-state index in [1.165, 1.54) is 31.5 Å². The van der Waals surface area contributed by atoms with E-state index in [0.717, 1.165) is 54.8 Å². The minimum absolute atomic E-state index is 0.0602. The molecule has 0 spiro atoms. The van der Waals surface area contributed by atoms with Gasteiger partial charge >= 0.3 is 0 Å². The van der Waals surface area contributed by atoms with E-state index in [2.05, 4.69) is 34.4 Å². The van der Waals surface area contributed by atoms with Gasteiger partial charge in [0.1, 0.15) is 22.4 Å². The normalized spacial score (nSPS) is 23.9. The van der Waals surface area contributed by atoms with Crippen LogP contribution in [0.2, 0.25) is 5.02 Å². The monoisotopic (exact) mass is 696 g/mol. The van der Waals surface area contributed by atoms with E-state index in [9.17, 15) is 22.0 Å². The number of carbonyl (C=O) groups excluding carboxylic acids is 1. The SMILES string of the molecule is CNS(=O)(=O)c1cc(C(=O)N2CCC(CC[NH+]3[C@@H]4CC[C@H]3CC(n3c(C)nc5ccccc53)C4)(c3cccc(F)c3)CC2)c(Cl)cc1F. The molecule has 3 saturated heterocycles. The smallest absolute Gasteiger partial charge is 0.255 e. The minimum Gasteiger partial charge on any atom is -0.339 e. The predicted molar refractivity (Wildman–Crippen MR) is 181 cm³/mol. The molecule has 4 atom stereocenters. The molecule has 4 aromatic rings. The molecule has 0 radical (unpaired) electrons. The van der Waals surface area contributed by atoms with Gasteiger partial charge in [-0.3, -0.25) is 4.79 Å². The molecule has 2 bridgehead atoms. The van der Waals surface area contributed by atoms with Crippen LogP contribution in [0.5, 0.6) is 0 Å². The van der Waals surface area contributed by atoms with Gasteiger partial charge in [-0.05, 0) is 68.8 Å². The van der Waals surface area contributed by atoms with Crippen LogP contribution in [0.15, 0.2) is 65.6 Å². The van der Waals surface area contributed by atoms with Gasteiger partial charge in [-0.2, -0.15) is 0 Å². The van der Waals surface area contributed by atoms with Crippen LogP contribution < -0.4 is 9.62 Å². The molecule has 1 aromatic heterocycles. The summed E-state index contributed by atoms with van der Waals surface area (Å²) in [4.78, 5) is 21.2. The molecule has 0 aliphatic carbocycles. The number of rotatable bonds is 8. The molecule has 8 nitrogen and oxygen atoms in total. The Morgan fingerprint density at radius 3 is 2.44 bits per heavy atom. The van der Waals surface area contributed by atoms with Crippen molar-refractivity contribution in [3.8, 4) is 0 Å². The standard InChI is InChI=1S/C36H40ClF2N5O3S/c1-23-41-32-8-3-4-9-33(32)44(23)28-19-26-10-11-27(20-28)43(26)17-14-36(24-6-5-7-25(38)18-24)12-15-42(16-13-36)35(45)29-21-34(48(46,47)40-2)31(39)22-30(29)37/h3-9,18,21-22,26-28,40H,10-17,19-20H2,1-2H3/p+1/t26-,27+,28?. The molecule has 12 heteroatoms. The number of likely N-dealkylation sites (tertiary alicyclic amines) is 1. The Balaban J connectivity index is 1.09. The molecule has 0 saturated carbocycles. The third kappa shape index (κ3) is 5.93. The number of piperidine rings is 2. The molecule has 3 aromatic carbocycles. The number of amides is 1. The van der Waals surface area contributed by atoms with Crippen molar-refractivity contribution < 1.29 is 26.9 Å². The van der Waals surface area contributed by atoms with Gasteiger partial charge in [0.2, 0.25) is 10.0 Å². The zero-order valence-corrected chi connectivity index (χ0v) is 28.8. The van der Waals surface area contributed by atoms with Crippen molar-refractivity contribution in [2.24, 2.45) is 0 Å². The highest BCUT2D eigenvalue weighted by Gasteiger charge is 2.47. The first-order valence-corrected chi connectivity index (χ1v) is 18.6. The second kappa shape index (κ2) is 12.8. The molecule has 3 fully saturated rings. The first-order valence-electron chi connectivity index (χ1n) is 16.8. The average Bonchev–Trinajstić information content (AvgIpc) is 3.53. The summed E-state index contributed by atoms with van der Waals surface area (Å²) in [5.41, 5.74) is 2.81. The number of hydrogen-bond donors (Lipinski definition) is 2. The number of para-hydroxylation sites is 2. The molecule has 4 heterocycles. The van der Waals surface area contributed by atoms with Crippen molar-refractivity contribution in [2.45, 2.75) is 80.3 Å². The highest BCUT2D eigenvalue weighted by atomic mass is 35.5. The van der Waals surface area contributed by atoms with Gasteiger partial charge in [0, 0.05) is 56.7 Å². The summed E-state index contributed by atoms with van der Waals surface area (Å²) >= 11 is 6.28. The largest absolute Gasteiger partial charge is 0.339 e. The lowest BCUT2D eigenvalue weighted by Crippen LogP contribution is -3.18. The van der Waals surface area contributed by atoms with Crippen molar-refractivity contribution in [3.05, 3.63) is 94.3 Å². The summed E-state index contributed by atoms with van der Waals surface area (Å²) in [5, 5.41) is -0.143. The fourth-order valence-electron chi connectivity index (χ4n) is 8.85. The van der Waals surface area contributed by atoms with Crippen LogP contribution in [0.4, 0.5) is 8.78 Å². The van der Waals surface area contributed by atoms with Crippen LogP contribution in [0, 0.1) is 18.6 Å². The number of benzene rings is 3. The minimum atomic E-state index is -4.14. The van der Waals surface area contributed by atoms with Crippen molar-refractivity contribution in [1.29, 1.82) is 0 Å². The fraction of sp³-hybridized carbons (Fsp3) is 0.444. The Kier molecular flexibility index (Phi) is 8.85. The number of aromatic nitrogens is 2. The van der Waals surface area contributed by atoms with Crippen LogP contribution in [0.25, 0.3) is 11.0 Å². The summed E-state index contributed by atoms with van der Waals surface area (Å²) in [6.45, 7) is 3.84. The van der Waals surface area contributed by atoms with E-state index in [1.807, 2.05) is 12.1 Å². The fourth-order valence-corrected chi connectivity index (χ4v) is 9.88. The first kappa shape index (κ1) is 33.1. The molecule has 254 valence electrons. The maximum atomic E-state index is 14.6. The summed E-state index contributed by atoms with van der Waals surface area (Å²) in [7, 11) is -2.96. The molecule has 1 amide bonds. The zero-order valence-electron chi connectivity index (χ0n) is 27.2. The number of sulfonamides is 1. The number of halogens is 3. The Morgan fingerprint density at radius 1 is 1.04 bits per heavy atom. The van der Waals surface area contributed by atoms with Crippen LogP contribution in [-0.2, 0) is 15.4 Å². The summed E-state index contributed by atoms with van der Waals surface area (Å²) in [5.74, 6) is -0.688. The maximum absolute atomic E-state index is 14.6. The third-order valence-electron chi connectivity index (χ3n) is 11.3. The Morgan fingerprint density at radius 2 is 1.75 bits per heavy atom. The van der Waals surface area contributed by atoms with E-state index < -0.39 is 26.6 Å². The number of fused-ring (bicyclic) bond motifs is 3. The maximum Gasteiger partial charge on any atom is 0.255 e. The van der Waals surface area contributed by atoms with Crippen LogP contribution in [0.1, 0.15) is 72.7 Å². The van der Waals surface area contributed by atoms with Gasteiger partial charge in [-0.1, -0.05) is 35.9 Å². The lowest BCUT2D eigenvalue weighted by atomic mass is 9.70. The number of imidazole rings is 1. The molecule has 7 rings (SSSR count). The lowest BCUT2D eigenvalue weighted by molar-refractivity contribution is -0.942. The molecule has 3 aliphatic rings. The van der Waals surface area contributed by atoms with Crippen LogP contribution in [-0.4, -0.2) is 67.5 Å². The second-order valence-corrected chi connectivity index (χ2v) is 16.0. The van der Waals surface area contributed by atoms with Gasteiger partial charge in [0.25, 0.3) is 5.91 Å². The summed E-state index contributed by atoms with van der Waals surface area (Å²) in [6.07, 6.45) is 6.70. The molecular weight excluding hydrogens is 656 g/mol. The van der Waals surface area contributed by atoms with Gasteiger partial charge in [-0.15, -0.1) is 0 Å². The van der Waals surface area contributed by atoms with Crippen molar-refractivity contribution in [1.82, 2.24) is 19.2 Å². The third-order valence-corrected chi connectivity index (χ3v) is 13.1. The quantitative estimate of drug-likeness (QED) is 0.265. The average molecular weight is 697 g/mol. The Hall–Kier alpha value is -3.38. The number of nitrogens with one attached hydrogen (secondary N) is 2. The van der Waals surface area contributed by atoms with Crippen LogP contribution >= 0.6 is 11.6 Å². The topological polar surface area (TPSA) is 88.7 Å². The van der Waals surface area contributed by atoms with Crippen molar-refractivity contribution in [2.75, 3.05) is 26.7 Å². The lowest BCUT2D eigenvalue weighted by Gasteiger charge is -2.44. The highest BCUT2D eigenvalue weighted by Crippen LogP contribution is 2.40. The second-order valence-electron chi connectivity index (χ2n) is 13.7. The number of nitrogens with zero attached hydrogens (tertiary/aromatic N) is 3. The van der Waals surface area contributed by atoms with Crippen LogP contribution in [0.3, 0.4) is 0 Å². The highest BCUT2D eigenvalue weighted by molar-refractivity contribution is 7.89. The number of quaternary nitrogens is 1. The van der Waals surface area contributed by atoms with Gasteiger partial charge < -0.3 is 14.4 Å². The Bertz CT molecular complexity index is 1960. The Labute approximate surface area is 285 Å². The van der Waals surface area contributed by atoms with Crippen molar-refractivity contribution in [3.63, 3.8) is 0 Å². The van der Waals surface area contributed by atoms with E-state index in [1.54, 1.807) is 21.9 Å². The number of carbonyl (C=O) groups is 1. The molecule has 2 unspecified atom stereocenters. The first-order chi connectivity index (χ1) is 23.0. The summed E-state index contributed by atoms with van der Waals surface area (Å²) < 4.78 is 58.5. The number of aryl methyl sites for hydroxylation is 1. The van der Waals surface area contributed by atoms with E-state index in [4.69, 9.17) is 16.6 Å². The van der Waals surface area contributed by atoms with Gasteiger partial charge in [-0.25, -0.2) is 26.9 Å². The summed E-state index contributed by atoms with van der Waals surface area (Å²) in [6, 6.07) is 18.6. The van der Waals surface area contributed by atoms with Crippen molar-refractivity contribution >= 4 is 38.6 Å². The molecule has 3 aliphatic heterocycles. The van der Waals surface area contributed by atoms with E-state index >= 15 is 0 Å². The zero-order chi connectivity index (χ0) is 33.8. The number of hydrogen-bond acceptors (Lipinski definition) is 4. The van der Waals surface area contributed by atoms with E-state index in [0.29, 0.717) is 44.1 Å². The van der Waals surface area contributed by atoms with Gasteiger partial charge in [0.05, 0.1) is 40.2 Å². The van der Waals surface area contributed by atoms with E-state index in [-0.39, 0.29) is 21.8 Å². The molecule has 2 N–H and O–H groups in total. The predicted octanol–water partition coefficient (Wildman–Crippen LogP) is 5.20. The molecular formula is C36H41ClF2N5O3S+. The van der Waals surface area contributed by atoms with Gasteiger partial charge in [0.15, 0.2) is 0 Å². The molecule has 48 heavy (non-hydrogen) atoms.